The van der Waals surface area contributed by atoms with E-state index in [4.69, 9.17) is 10.00 Å². The van der Waals surface area contributed by atoms with Crippen molar-refractivity contribution in [1.82, 2.24) is 5.32 Å². The summed E-state index contributed by atoms with van der Waals surface area (Å²) in [6.07, 6.45) is 2.26. The van der Waals surface area contributed by atoms with Gasteiger partial charge in [-0.15, -0.1) is 0 Å². The van der Waals surface area contributed by atoms with Gasteiger partial charge in [-0.3, -0.25) is 0 Å². The third-order valence-electron chi connectivity index (χ3n) is 2.34. The Bertz CT molecular complexity index is 196. The molecule has 1 atom stereocenters. The molecule has 3 nitrogen and oxygen atoms in total. The van der Waals surface area contributed by atoms with E-state index in [0.29, 0.717) is 0 Å². The van der Waals surface area contributed by atoms with Crippen LogP contribution in [0.4, 0.5) is 0 Å². The lowest BCUT2D eigenvalue weighted by Gasteiger charge is -2.16. The first-order valence-electron chi connectivity index (χ1n) is 5.75. The van der Waals surface area contributed by atoms with Gasteiger partial charge in [0.2, 0.25) is 0 Å². The van der Waals surface area contributed by atoms with Crippen molar-refractivity contribution in [3.63, 3.8) is 0 Å². The summed E-state index contributed by atoms with van der Waals surface area (Å²) in [5, 5.41) is 12.2. The highest BCUT2D eigenvalue weighted by Gasteiger charge is 2.15. The number of nitrogens with one attached hydrogen (secondary N) is 1. The molecule has 0 heterocycles. The molecule has 0 amide bonds. The zero-order valence-corrected chi connectivity index (χ0v) is 10.5. The first-order chi connectivity index (χ1) is 7.02. The number of rotatable bonds is 8. The van der Waals surface area contributed by atoms with Crippen molar-refractivity contribution in [1.29, 1.82) is 5.26 Å². The number of nitriles is 1. The number of hydrogen-bond donors (Lipinski definition) is 1. The van der Waals surface area contributed by atoms with Crippen LogP contribution in [0.2, 0.25) is 0 Å². The highest BCUT2D eigenvalue weighted by atomic mass is 16.5. The third kappa shape index (κ3) is 8.41. The van der Waals surface area contributed by atoms with Gasteiger partial charge in [-0.25, -0.2) is 0 Å². The molecule has 1 N–H and O–H groups in total. The summed E-state index contributed by atoms with van der Waals surface area (Å²) in [6.45, 7) is 10.7. The summed E-state index contributed by atoms with van der Waals surface area (Å²) < 4.78 is 5.40. The molecule has 0 rings (SSSR count). The van der Waals surface area contributed by atoms with Crippen molar-refractivity contribution in [2.45, 2.75) is 46.6 Å². The highest BCUT2D eigenvalue weighted by Crippen LogP contribution is 2.19. The molecule has 88 valence electrons. The Morgan fingerprint density at radius 1 is 1.47 bits per heavy atom. The lowest BCUT2D eigenvalue weighted by Crippen LogP contribution is -2.28. The van der Waals surface area contributed by atoms with Crippen molar-refractivity contribution in [3.8, 4) is 6.07 Å². The van der Waals surface area contributed by atoms with Crippen LogP contribution in [0.25, 0.3) is 0 Å². The van der Waals surface area contributed by atoms with E-state index in [9.17, 15) is 0 Å². The van der Waals surface area contributed by atoms with Gasteiger partial charge in [0.25, 0.3) is 0 Å². The Hall–Kier alpha value is -0.590. The molecule has 0 bridgehead atoms. The van der Waals surface area contributed by atoms with Crippen molar-refractivity contribution in [3.05, 3.63) is 0 Å². The van der Waals surface area contributed by atoms with Gasteiger partial charge in [0.1, 0.15) is 0 Å². The number of hydrogen-bond acceptors (Lipinski definition) is 3. The van der Waals surface area contributed by atoms with Crippen molar-refractivity contribution in [2.75, 3.05) is 19.7 Å². The summed E-state index contributed by atoms with van der Waals surface area (Å²) in [6, 6.07) is 2.31. The molecule has 0 aromatic carbocycles. The lowest BCUT2D eigenvalue weighted by molar-refractivity contribution is 0.0761. The fraction of sp³-hybridized carbons (Fsp3) is 0.917. The van der Waals surface area contributed by atoms with E-state index in [-0.39, 0.29) is 11.5 Å². The predicted molar refractivity (Wildman–Crippen MR) is 62.6 cm³/mol. The maximum atomic E-state index is 8.82. The summed E-state index contributed by atoms with van der Waals surface area (Å²) in [4.78, 5) is 0. The van der Waals surface area contributed by atoms with E-state index >= 15 is 0 Å². The quantitative estimate of drug-likeness (QED) is 0.628. The molecular weight excluding hydrogens is 188 g/mol. The second-order valence-corrected chi connectivity index (χ2v) is 4.57. The topological polar surface area (TPSA) is 45.0 Å². The molecule has 0 fully saturated rings. The van der Waals surface area contributed by atoms with E-state index in [0.717, 1.165) is 32.5 Å². The second kappa shape index (κ2) is 7.67. The molecule has 0 saturated heterocycles. The Morgan fingerprint density at radius 3 is 2.67 bits per heavy atom. The van der Waals surface area contributed by atoms with Crippen LogP contribution in [0.15, 0.2) is 0 Å². The Labute approximate surface area is 93.8 Å². The van der Waals surface area contributed by atoms with Gasteiger partial charge >= 0.3 is 0 Å². The minimum absolute atomic E-state index is 0.187. The van der Waals surface area contributed by atoms with Crippen LogP contribution in [0.3, 0.4) is 0 Å². The van der Waals surface area contributed by atoms with Gasteiger partial charge in [0.15, 0.2) is 0 Å². The van der Waals surface area contributed by atoms with Crippen LogP contribution in [-0.4, -0.2) is 25.8 Å². The third-order valence-corrected chi connectivity index (χ3v) is 2.34. The summed E-state index contributed by atoms with van der Waals surface area (Å²) in [5.41, 5.74) is -0.187. The van der Waals surface area contributed by atoms with Crippen molar-refractivity contribution >= 4 is 0 Å². The Balaban J connectivity index is 3.37. The Morgan fingerprint density at radius 2 is 2.13 bits per heavy atom. The van der Waals surface area contributed by atoms with E-state index in [2.05, 4.69) is 18.3 Å². The lowest BCUT2D eigenvalue weighted by atomic mass is 9.90. The normalized spacial score (nSPS) is 13.5. The van der Waals surface area contributed by atoms with E-state index < -0.39 is 0 Å². The zero-order chi connectivity index (χ0) is 11.7. The smallest absolute Gasteiger partial charge is 0.0683 e. The van der Waals surface area contributed by atoms with Crippen LogP contribution >= 0.6 is 0 Å². The van der Waals surface area contributed by atoms with Crippen LogP contribution in [-0.2, 0) is 4.74 Å². The summed E-state index contributed by atoms with van der Waals surface area (Å²) in [7, 11) is 0. The minimum atomic E-state index is -0.187. The number of ether oxygens (including phenoxy) is 1. The van der Waals surface area contributed by atoms with Crippen LogP contribution in [0, 0.1) is 16.7 Å². The average Bonchev–Trinajstić information content (AvgIpc) is 2.17. The van der Waals surface area contributed by atoms with Crippen LogP contribution in [0.1, 0.15) is 40.5 Å². The first kappa shape index (κ1) is 14.4. The SMILES string of the molecule is CCOC(C)CNCCCC(C)(C)C#N. The van der Waals surface area contributed by atoms with E-state index in [1.807, 2.05) is 20.8 Å². The second-order valence-electron chi connectivity index (χ2n) is 4.57. The largest absolute Gasteiger partial charge is 0.377 e. The van der Waals surface area contributed by atoms with E-state index in [1.54, 1.807) is 0 Å². The molecule has 0 aromatic rings. The molecule has 0 aliphatic carbocycles. The van der Waals surface area contributed by atoms with Crippen LogP contribution in [0.5, 0.6) is 0 Å². The van der Waals surface area contributed by atoms with Crippen molar-refractivity contribution in [2.24, 2.45) is 5.41 Å². The number of nitrogens with zero attached hydrogens (tertiary/aromatic N) is 1. The zero-order valence-electron chi connectivity index (χ0n) is 10.5. The first-order valence-corrected chi connectivity index (χ1v) is 5.75. The maximum Gasteiger partial charge on any atom is 0.0683 e. The predicted octanol–water partition coefficient (Wildman–Crippen LogP) is 2.33. The van der Waals surface area contributed by atoms with Gasteiger partial charge in [-0.1, -0.05) is 0 Å². The highest BCUT2D eigenvalue weighted by molar-refractivity contribution is 4.91. The molecule has 0 radical (unpaired) electrons. The molecule has 0 aliphatic heterocycles. The van der Waals surface area contributed by atoms with Crippen LogP contribution < -0.4 is 5.32 Å². The van der Waals surface area contributed by atoms with Gasteiger partial charge in [0, 0.05) is 13.2 Å². The van der Waals surface area contributed by atoms with Crippen molar-refractivity contribution < 1.29 is 4.74 Å². The Kier molecular flexibility index (Phi) is 7.37. The molecule has 0 aliphatic rings. The maximum absolute atomic E-state index is 8.82. The standard InChI is InChI=1S/C12H24N2O/c1-5-15-11(2)9-14-8-6-7-12(3,4)10-13/h11,14H,5-9H2,1-4H3. The fourth-order valence-electron chi connectivity index (χ4n) is 1.36. The van der Waals surface area contributed by atoms with E-state index in [1.165, 1.54) is 0 Å². The van der Waals surface area contributed by atoms with Gasteiger partial charge in [-0.05, 0) is 47.1 Å². The molecule has 0 saturated carbocycles. The van der Waals surface area contributed by atoms with Gasteiger partial charge in [0.05, 0.1) is 17.6 Å². The molecule has 3 heteroatoms. The summed E-state index contributed by atoms with van der Waals surface area (Å²) in [5.74, 6) is 0. The molecule has 0 spiro atoms. The fourth-order valence-corrected chi connectivity index (χ4v) is 1.36. The van der Waals surface area contributed by atoms with Gasteiger partial charge < -0.3 is 10.1 Å². The molecular formula is C12H24N2O. The monoisotopic (exact) mass is 212 g/mol. The molecule has 1 unspecified atom stereocenters. The molecule has 0 aromatic heterocycles. The average molecular weight is 212 g/mol. The van der Waals surface area contributed by atoms with Gasteiger partial charge in [-0.2, -0.15) is 5.26 Å². The minimum Gasteiger partial charge on any atom is -0.377 e. The molecule has 15 heavy (non-hydrogen) atoms. The summed E-state index contributed by atoms with van der Waals surface area (Å²) >= 11 is 0.